The highest BCUT2D eigenvalue weighted by molar-refractivity contribution is 5.97. The van der Waals surface area contributed by atoms with Crippen LogP contribution < -0.4 is 10.7 Å². The molecule has 1 unspecified atom stereocenters. The van der Waals surface area contributed by atoms with Crippen LogP contribution in [-0.4, -0.2) is 24.1 Å². The van der Waals surface area contributed by atoms with Crippen molar-refractivity contribution in [2.45, 2.75) is 26.3 Å². The maximum absolute atomic E-state index is 12.4. The molecule has 5 heteroatoms. The van der Waals surface area contributed by atoms with E-state index in [9.17, 15) is 9.59 Å². The Labute approximate surface area is 160 Å². The number of hydrogen-bond acceptors (Lipinski definition) is 3. The van der Waals surface area contributed by atoms with Crippen molar-refractivity contribution in [2.24, 2.45) is 11.0 Å². The number of carbonyl (C=O) groups excluding carboxylic acids is 2. The first-order valence-electron chi connectivity index (χ1n) is 8.97. The Morgan fingerprint density at radius 2 is 1.63 bits per heavy atom. The lowest BCUT2D eigenvalue weighted by Crippen LogP contribution is -2.46. The van der Waals surface area contributed by atoms with Crippen LogP contribution in [0.15, 0.2) is 71.8 Å². The van der Waals surface area contributed by atoms with Crippen molar-refractivity contribution >= 4 is 24.1 Å². The maximum atomic E-state index is 12.4. The highest BCUT2D eigenvalue weighted by Crippen LogP contribution is 2.07. The molecule has 0 aliphatic heterocycles. The SMILES string of the molecule is CC(C)CC(NC(=O)c1ccccc1)C(=O)N/N=C\C=C\c1ccccc1. The van der Waals surface area contributed by atoms with E-state index in [-0.39, 0.29) is 17.7 Å². The lowest BCUT2D eigenvalue weighted by atomic mass is 10.0. The minimum atomic E-state index is -0.645. The first kappa shape index (κ1) is 20.1. The van der Waals surface area contributed by atoms with Crippen LogP contribution in [0.1, 0.15) is 36.2 Å². The zero-order valence-electron chi connectivity index (χ0n) is 15.6. The van der Waals surface area contributed by atoms with E-state index >= 15 is 0 Å². The van der Waals surface area contributed by atoms with Crippen molar-refractivity contribution in [3.8, 4) is 0 Å². The third kappa shape index (κ3) is 7.28. The highest BCUT2D eigenvalue weighted by atomic mass is 16.2. The average Bonchev–Trinajstić information content (AvgIpc) is 2.68. The molecule has 0 aliphatic rings. The zero-order valence-corrected chi connectivity index (χ0v) is 15.6. The molecule has 0 radical (unpaired) electrons. The second kappa shape index (κ2) is 10.7. The van der Waals surface area contributed by atoms with Gasteiger partial charge in [-0.1, -0.05) is 68.5 Å². The molecule has 0 bridgehead atoms. The molecule has 0 aliphatic carbocycles. The predicted octanol–water partition coefficient (Wildman–Crippen LogP) is 3.65. The summed E-state index contributed by atoms with van der Waals surface area (Å²) in [6, 6.07) is 18.0. The van der Waals surface area contributed by atoms with Crippen LogP contribution in [0, 0.1) is 5.92 Å². The molecule has 2 amide bonds. The Kier molecular flexibility index (Phi) is 7.97. The van der Waals surface area contributed by atoms with Crippen LogP contribution in [0.4, 0.5) is 0 Å². The number of benzene rings is 2. The summed E-state index contributed by atoms with van der Waals surface area (Å²) in [5.41, 5.74) is 4.06. The Hall–Kier alpha value is -3.21. The van der Waals surface area contributed by atoms with Gasteiger partial charge < -0.3 is 5.32 Å². The Balaban J connectivity index is 1.92. The Morgan fingerprint density at radius 1 is 1.00 bits per heavy atom. The molecule has 2 aromatic rings. The van der Waals surface area contributed by atoms with Gasteiger partial charge in [0.15, 0.2) is 0 Å². The highest BCUT2D eigenvalue weighted by Gasteiger charge is 2.22. The van der Waals surface area contributed by atoms with E-state index in [0.717, 1.165) is 5.56 Å². The van der Waals surface area contributed by atoms with Gasteiger partial charge in [-0.15, -0.1) is 0 Å². The smallest absolute Gasteiger partial charge is 0.262 e. The van der Waals surface area contributed by atoms with E-state index in [1.165, 1.54) is 6.21 Å². The third-order valence-electron chi connectivity index (χ3n) is 3.79. The van der Waals surface area contributed by atoms with Gasteiger partial charge in [-0.2, -0.15) is 5.10 Å². The fraction of sp³-hybridized carbons (Fsp3) is 0.227. The summed E-state index contributed by atoms with van der Waals surface area (Å²) in [4.78, 5) is 24.7. The fourth-order valence-electron chi connectivity index (χ4n) is 2.47. The molecule has 0 aromatic heterocycles. The number of carbonyl (C=O) groups is 2. The molecular weight excluding hydrogens is 338 g/mol. The normalized spacial score (nSPS) is 12.4. The van der Waals surface area contributed by atoms with Crippen LogP contribution in [0.3, 0.4) is 0 Å². The van der Waals surface area contributed by atoms with Crippen molar-refractivity contribution in [3.63, 3.8) is 0 Å². The standard InChI is InChI=1S/C22H25N3O2/c1-17(2)16-20(24-21(26)19-13-7-4-8-14-19)22(27)25-23-15-9-12-18-10-5-3-6-11-18/h3-15,17,20H,16H2,1-2H3,(H,24,26)(H,25,27)/b12-9+,23-15-. The van der Waals surface area contributed by atoms with E-state index in [0.29, 0.717) is 12.0 Å². The van der Waals surface area contributed by atoms with Gasteiger partial charge in [-0.05, 0) is 36.1 Å². The lowest BCUT2D eigenvalue weighted by Gasteiger charge is -2.18. The number of nitrogens with zero attached hydrogens (tertiary/aromatic N) is 1. The largest absolute Gasteiger partial charge is 0.340 e. The molecule has 0 saturated heterocycles. The Morgan fingerprint density at radius 3 is 2.26 bits per heavy atom. The van der Waals surface area contributed by atoms with Gasteiger partial charge in [-0.3, -0.25) is 9.59 Å². The van der Waals surface area contributed by atoms with E-state index in [4.69, 9.17) is 0 Å². The topological polar surface area (TPSA) is 70.6 Å². The quantitative estimate of drug-likeness (QED) is 0.555. The van der Waals surface area contributed by atoms with Gasteiger partial charge >= 0.3 is 0 Å². The molecule has 1 atom stereocenters. The molecule has 140 valence electrons. The fourth-order valence-corrected chi connectivity index (χ4v) is 2.47. The second-order valence-corrected chi connectivity index (χ2v) is 6.55. The molecule has 2 N–H and O–H groups in total. The predicted molar refractivity (Wildman–Crippen MR) is 109 cm³/mol. The summed E-state index contributed by atoms with van der Waals surface area (Å²) in [5.74, 6) is -0.361. The summed E-state index contributed by atoms with van der Waals surface area (Å²) in [6.45, 7) is 4.00. The number of amides is 2. The summed E-state index contributed by atoms with van der Waals surface area (Å²) < 4.78 is 0. The summed E-state index contributed by atoms with van der Waals surface area (Å²) in [7, 11) is 0. The first-order chi connectivity index (χ1) is 13.1. The molecule has 0 heterocycles. The molecule has 0 fully saturated rings. The number of allylic oxidation sites excluding steroid dienone is 1. The van der Waals surface area contributed by atoms with Crippen LogP contribution in [0.25, 0.3) is 6.08 Å². The number of rotatable bonds is 8. The van der Waals surface area contributed by atoms with Gasteiger partial charge in [0.05, 0.1) is 0 Å². The van der Waals surface area contributed by atoms with Crippen LogP contribution in [0.2, 0.25) is 0 Å². The molecule has 27 heavy (non-hydrogen) atoms. The molecule has 0 spiro atoms. The van der Waals surface area contributed by atoms with Crippen molar-refractivity contribution in [1.82, 2.24) is 10.7 Å². The monoisotopic (exact) mass is 363 g/mol. The van der Waals surface area contributed by atoms with Gasteiger partial charge in [0, 0.05) is 11.8 Å². The number of hydrogen-bond donors (Lipinski definition) is 2. The van der Waals surface area contributed by atoms with Gasteiger partial charge in [0.2, 0.25) is 0 Å². The molecule has 2 rings (SSSR count). The maximum Gasteiger partial charge on any atom is 0.262 e. The molecule has 0 saturated carbocycles. The van der Waals surface area contributed by atoms with Crippen molar-refractivity contribution < 1.29 is 9.59 Å². The summed E-state index contributed by atoms with van der Waals surface area (Å²) in [5, 5.41) is 6.72. The van der Waals surface area contributed by atoms with Crippen LogP contribution in [0.5, 0.6) is 0 Å². The van der Waals surface area contributed by atoms with E-state index in [2.05, 4.69) is 15.8 Å². The van der Waals surface area contributed by atoms with Crippen LogP contribution in [-0.2, 0) is 4.79 Å². The van der Waals surface area contributed by atoms with E-state index in [1.807, 2.05) is 56.3 Å². The molecule has 2 aromatic carbocycles. The number of nitrogens with one attached hydrogen (secondary N) is 2. The van der Waals surface area contributed by atoms with Gasteiger partial charge in [0.25, 0.3) is 11.8 Å². The minimum Gasteiger partial charge on any atom is -0.340 e. The lowest BCUT2D eigenvalue weighted by molar-refractivity contribution is -0.123. The zero-order chi connectivity index (χ0) is 19.5. The van der Waals surface area contributed by atoms with Crippen molar-refractivity contribution in [2.75, 3.05) is 0 Å². The van der Waals surface area contributed by atoms with E-state index < -0.39 is 6.04 Å². The van der Waals surface area contributed by atoms with Gasteiger partial charge in [-0.25, -0.2) is 5.43 Å². The van der Waals surface area contributed by atoms with Gasteiger partial charge in [0.1, 0.15) is 6.04 Å². The second-order valence-electron chi connectivity index (χ2n) is 6.55. The first-order valence-corrected chi connectivity index (χ1v) is 8.97. The molecular formula is C22H25N3O2. The summed E-state index contributed by atoms with van der Waals surface area (Å²) >= 11 is 0. The third-order valence-corrected chi connectivity index (χ3v) is 3.79. The number of hydrazone groups is 1. The van der Waals surface area contributed by atoms with E-state index in [1.54, 1.807) is 30.3 Å². The van der Waals surface area contributed by atoms with Crippen molar-refractivity contribution in [1.29, 1.82) is 0 Å². The average molecular weight is 363 g/mol. The van der Waals surface area contributed by atoms with Crippen molar-refractivity contribution in [3.05, 3.63) is 77.9 Å². The minimum absolute atomic E-state index is 0.249. The van der Waals surface area contributed by atoms with Crippen LogP contribution >= 0.6 is 0 Å². The molecule has 5 nitrogen and oxygen atoms in total. The Bertz CT molecular complexity index is 784. The summed E-state index contributed by atoms with van der Waals surface area (Å²) in [6.07, 6.45) is 5.67.